The summed E-state index contributed by atoms with van der Waals surface area (Å²) in [6.45, 7) is 6.71. The number of fused-ring (bicyclic) bond motifs is 2. The normalized spacial score (nSPS) is 55.2. The van der Waals surface area contributed by atoms with Gasteiger partial charge in [0.2, 0.25) is 0 Å². The quantitative estimate of drug-likeness (QED) is 0.601. The van der Waals surface area contributed by atoms with Gasteiger partial charge < -0.3 is 9.47 Å². The van der Waals surface area contributed by atoms with E-state index in [1.165, 1.54) is 51.4 Å². The molecule has 4 aliphatic carbocycles. The zero-order chi connectivity index (χ0) is 15.7. The summed E-state index contributed by atoms with van der Waals surface area (Å²) in [6.07, 6.45) is 14.4. The van der Waals surface area contributed by atoms with Gasteiger partial charge in [-0.1, -0.05) is 31.9 Å². The molecule has 0 aromatic rings. The highest BCUT2D eigenvalue weighted by atomic mass is 16.5. The van der Waals surface area contributed by atoms with Crippen molar-refractivity contribution in [2.75, 3.05) is 13.2 Å². The molecule has 1 aliphatic heterocycles. The minimum Gasteiger partial charge on any atom is -0.375 e. The van der Waals surface area contributed by atoms with Crippen LogP contribution in [0.4, 0.5) is 0 Å². The molecule has 2 heteroatoms. The minimum atomic E-state index is 0.367. The van der Waals surface area contributed by atoms with Crippen molar-refractivity contribution in [1.29, 1.82) is 0 Å². The summed E-state index contributed by atoms with van der Waals surface area (Å²) in [5.41, 5.74) is 2.62. The molecule has 0 radical (unpaired) electrons. The fourth-order valence-corrected chi connectivity index (χ4v) is 7.42. The van der Waals surface area contributed by atoms with Crippen molar-refractivity contribution >= 4 is 0 Å². The van der Waals surface area contributed by atoms with Crippen molar-refractivity contribution in [3.63, 3.8) is 0 Å². The Hall–Kier alpha value is -0.340. The van der Waals surface area contributed by atoms with Gasteiger partial charge in [0.05, 0.1) is 25.4 Å². The second-order valence-electron chi connectivity index (χ2n) is 9.42. The molecule has 5 rings (SSSR count). The molecule has 0 spiro atoms. The Kier molecular flexibility index (Phi) is 3.30. The Labute approximate surface area is 141 Å². The Morgan fingerprint density at radius 3 is 2.74 bits per heavy atom. The van der Waals surface area contributed by atoms with Gasteiger partial charge in [-0.25, -0.2) is 0 Å². The second-order valence-corrected chi connectivity index (χ2v) is 9.42. The predicted molar refractivity (Wildman–Crippen MR) is 91.2 cm³/mol. The molecule has 1 saturated heterocycles. The molecule has 23 heavy (non-hydrogen) atoms. The second kappa shape index (κ2) is 5.08. The van der Waals surface area contributed by atoms with Gasteiger partial charge in [-0.3, -0.25) is 0 Å². The van der Waals surface area contributed by atoms with Gasteiger partial charge >= 0.3 is 0 Å². The van der Waals surface area contributed by atoms with Crippen molar-refractivity contribution in [1.82, 2.24) is 0 Å². The fraction of sp³-hybridized carbons (Fsp3) is 0.905. The maximum Gasteiger partial charge on any atom is 0.0793 e. The molecule has 0 amide bonds. The smallest absolute Gasteiger partial charge is 0.0793 e. The van der Waals surface area contributed by atoms with Crippen LogP contribution >= 0.6 is 0 Å². The first kappa shape index (κ1) is 15.0. The molecule has 128 valence electrons. The van der Waals surface area contributed by atoms with E-state index in [9.17, 15) is 0 Å². The van der Waals surface area contributed by atoms with Crippen LogP contribution in [0.3, 0.4) is 0 Å². The van der Waals surface area contributed by atoms with Crippen LogP contribution in [-0.2, 0) is 9.47 Å². The maximum absolute atomic E-state index is 6.41. The Bertz CT molecular complexity index is 526. The summed E-state index contributed by atoms with van der Waals surface area (Å²) < 4.78 is 12.7. The summed E-state index contributed by atoms with van der Waals surface area (Å²) in [5.74, 6) is 2.40. The molecular weight excluding hydrogens is 284 g/mol. The van der Waals surface area contributed by atoms with Crippen molar-refractivity contribution in [3.8, 4) is 0 Å². The first-order valence-corrected chi connectivity index (χ1v) is 10.1. The molecule has 2 nitrogen and oxygen atoms in total. The van der Waals surface area contributed by atoms with Crippen LogP contribution in [-0.4, -0.2) is 25.4 Å². The molecule has 4 bridgehead atoms. The van der Waals surface area contributed by atoms with Gasteiger partial charge in [-0.2, -0.15) is 0 Å². The first-order valence-electron chi connectivity index (χ1n) is 10.1. The number of hydrogen-bond acceptors (Lipinski definition) is 2. The van der Waals surface area contributed by atoms with E-state index in [4.69, 9.17) is 9.47 Å². The van der Waals surface area contributed by atoms with Crippen LogP contribution in [0.2, 0.25) is 0 Å². The van der Waals surface area contributed by atoms with E-state index in [-0.39, 0.29) is 0 Å². The molecule has 0 aromatic heterocycles. The summed E-state index contributed by atoms with van der Waals surface area (Å²) in [6, 6.07) is 0. The molecule has 3 saturated carbocycles. The molecule has 2 unspecified atom stereocenters. The Balaban J connectivity index is 1.62. The highest BCUT2D eigenvalue weighted by Crippen LogP contribution is 2.65. The Morgan fingerprint density at radius 1 is 0.957 bits per heavy atom. The van der Waals surface area contributed by atoms with Gasteiger partial charge in [-0.05, 0) is 73.5 Å². The fourth-order valence-electron chi connectivity index (χ4n) is 7.42. The van der Waals surface area contributed by atoms with Gasteiger partial charge in [0.25, 0.3) is 0 Å². The summed E-state index contributed by atoms with van der Waals surface area (Å²) in [4.78, 5) is 0. The summed E-state index contributed by atoms with van der Waals surface area (Å²) in [5, 5.41) is 0. The third-order valence-corrected chi connectivity index (χ3v) is 8.65. The van der Waals surface area contributed by atoms with Gasteiger partial charge in [0, 0.05) is 0 Å². The molecule has 7 atom stereocenters. The molecule has 5 aliphatic rings. The monoisotopic (exact) mass is 316 g/mol. The average molecular weight is 316 g/mol. The van der Waals surface area contributed by atoms with Crippen LogP contribution in [0.25, 0.3) is 0 Å². The van der Waals surface area contributed by atoms with Crippen LogP contribution in [0.5, 0.6) is 0 Å². The largest absolute Gasteiger partial charge is 0.375 e. The lowest BCUT2D eigenvalue weighted by Crippen LogP contribution is -2.54. The van der Waals surface area contributed by atoms with Crippen LogP contribution in [0.15, 0.2) is 11.6 Å². The van der Waals surface area contributed by atoms with E-state index in [1.54, 1.807) is 5.57 Å². The molecule has 4 fully saturated rings. The first-order chi connectivity index (χ1) is 11.1. The van der Waals surface area contributed by atoms with E-state index in [1.807, 2.05) is 0 Å². The van der Waals surface area contributed by atoms with Crippen LogP contribution in [0, 0.1) is 28.6 Å². The van der Waals surface area contributed by atoms with Crippen molar-refractivity contribution in [2.45, 2.75) is 77.4 Å². The number of rotatable bonds is 0. The zero-order valence-electron chi connectivity index (χ0n) is 14.9. The van der Waals surface area contributed by atoms with Crippen LogP contribution in [0.1, 0.15) is 65.2 Å². The third-order valence-electron chi connectivity index (χ3n) is 8.65. The highest BCUT2D eigenvalue weighted by Gasteiger charge is 2.61. The number of allylic oxidation sites excluding steroid dienone is 1. The van der Waals surface area contributed by atoms with E-state index < -0.39 is 0 Å². The van der Waals surface area contributed by atoms with E-state index >= 15 is 0 Å². The summed E-state index contributed by atoms with van der Waals surface area (Å²) >= 11 is 0. The van der Waals surface area contributed by atoms with Gasteiger partial charge in [0.15, 0.2) is 0 Å². The van der Waals surface area contributed by atoms with Crippen LogP contribution < -0.4 is 0 Å². The lowest BCUT2D eigenvalue weighted by molar-refractivity contribution is -0.101. The number of ether oxygens (including phenoxy) is 2. The topological polar surface area (TPSA) is 18.5 Å². The third kappa shape index (κ3) is 1.94. The van der Waals surface area contributed by atoms with Crippen molar-refractivity contribution in [2.24, 2.45) is 28.6 Å². The lowest BCUT2D eigenvalue weighted by atomic mass is 9.47. The number of hydrogen-bond donors (Lipinski definition) is 0. The highest BCUT2D eigenvalue weighted by molar-refractivity contribution is 5.27. The lowest BCUT2D eigenvalue weighted by Gasteiger charge is -2.58. The standard InChI is InChI=1S/C21H32O2/c1-20-9-4-3-5-14(20)13-17-19-15-6-7-18(23-12-11-22-17)21(15,2)10-8-16(19)20/h13,15-19H,3-12H2,1-2H3/t15-,16-,17?,18?,19-,20-,21-/m0/s1. The van der Waals surface area contributed by atoms with E-state index in [2.05, 4.69) is 19.9 Å². The molecular formula is C21H32O2. The predicted octanol–water partition coefficient (Wildman–Crippen LogP) is 4.73. The SMILES string of the molecule is C[C@]12CCCCC1=CC1OCCOC3CC[C@H]4[C@H]1[C@@H]2CC[C@]34C. The minimum absolute atomic E-state index is 0.367. The van der Waals surface area contributed by atoms with Crippen molar-refractivity contribution in [3.05, 3.63) is 11.6 Å². The summed E-state index contributed by atoms with van der Waals surface area (Å²) in [7, 11) is 0. The van der Waals surface area contributed by atoms with E-state index in [0.717, 1.165) is 31.0 Å². The zero-order valence-corrected chi connectivity index (χ0v) is 14.9. The average Bonchev–Trinajstić information content (AvgIpc) is 2.89. The Morgan fingerprint density at radius 2 is 1.83 bits per heavy atom. The van der Waals surface area contributed by atoms with Crippen molar-refractivity contribution < 1.29 is 9.47 Å². The molecule has 0 N–H and O–H groups in total. The maximum atomic E-state index is 6.41. The van der Waals surface area contributed by atoms with Gasteiger partial charge in [0.1, 0.15) is 0 Å². The van der Waals surface area contributed by atoms with Gasteiger partial charge in [-0.15, -0.1) is 0 Å². The van der Waals surface area contributed by atoms with E-state index in [0.29, 0.717) is 23.0 Å². The molecule has 0 aromatic carbocycles. The molecule has 1 heterocycles.